The molecule has 0 unspecified atom stereocenters. The van der Waals surface area contributed by atoms with Crippen LogP contribution in [0.4, 0.5) is 11.4 Å². The minimum atomic E-state index is -3.56. The van der Waals surface area contributed by atoms with Crippen molar-refractivity contribution in [2.75, 3.05) is 23.4 Å². The lowest BCUT2D eigenvalue weighted by Crippen LogP contribution is -2.18. The third-order valence-corrected chi connectivity index (χ3v) is 4.76. The molecule has 0 atom stereocenters. The second-order valence-corrected chi connectivity index (χ2v) is 9.43. The first-order valence-electron chi connectivity index (χ1n) is 8.63. The van der Waals surface area contributed by atoms with Gasteiger partial charge in [0.05, 0.1) is 24.7 Å². The van der Waals surface area contributed by atoms with Crippen molar-refractivity contribution in [3.63, 3.8) is 0 Å². The lowest BCUT2D eigenvalue weighted by atomic mass is 9.86. The quantitative estimate of drug-likeness (QED) is 0.703. The third-order valence-electron chi connectivity index (χ3n) is 4.17. The van der Waals surface area contributed by atoms with Crippen LogP contribution in [0.5, 0.6) is 11.5 Å². The summed E-state index contributed by atoms with van der Waals surface area (Å²) in [5, 5.41) is 12.6. The zero-order valence-electron chi connectivity index (χ0n) is 16.9. The van der Waals surface area contributed by atoms with Crippen molar-refractivity contribution in [3.05, 3.63) is 47.0 Å². The van der Waals surface area contributed by atoms with Crippen LogP contribution in [-0.4, -0.2) is 32.8 Å². The van der Waals surface area contributed by atoms with Crippen LogP contribution in [0.25, 0.3) is 0 Å². The molecule has 152 valence electrons. The smallest absolute Gasteiger partial charge is 0.255 e. The SMILES string of the molecule is COc1c(NC(=O)c2ccc(C)c(O)c2)cc(C(C)(C)C)cc1NS(C)(=O)=O. The van der Waals surface area contributed by atoms with Crippen molar-refractivity contribution < 1.29 is 23.1 Å². The number of carbonyl (C=O) groups excluding carboxylic acids is 1. The zero-order valence-corrected chi connectivity index (χ0v) is 17.7. The van der Waals surface area contributed by atoms with E-state index in [0.29, 0.717) is 11.3 Å². The number of phenols is 1. The Morgan fingerprint density at radius 1 is 1.11 bits per heavy atom. The lowest BCUT2D eigenvalue weighted by molar-refractivity contribution is 0.102. The topological polar surface area (TPSA) is 105 Å². The molecule has 8 heteroatoms. The summed E-state index contributed by atoms with van der Waals surface area (Å²) < 4.78 is 31.4. The van der Waals surface area contributed by atoms with Crippen LogP contribution in [0.3, 0.4) is 0 Å². The van der Waals surface area contributed by atoms with E-state index in [1.165, 1.54) is 13.2 Å². The normalized spacial score (nSPS) is 11.8. The maximum absolute atomic E-state index is 12.7. The first kappa shape index (κ1) is 21.6. The molecule has 0 fully saturated rings. The highest BCUT2D eigenvalue weighted by atomic mass is 32.2. The Bertz CT molecular complexity index is 1010. The van der Waals surface area contributed by atoms with Gasteiger partial charge in [0.1, 0.15) is 5.75 Å². The number of rotatable bonds is 5. The molecule has 0 saturated carbocycles. The molecule has 2 aromatic rings. The molecule has 28 heavy (non-hydrogen) atoms. The molecule has 0 spiro atoms. The summed E-state index contributed by atoms with van der Waals surface area (Å²) in [6, 6.07) is 8.05. The molecular weight excluding hydrogens is 380 g/mol. The summed E-state index contributed by atoms with van der Waals surface area (Å²) >= 11 is 0. The number of hydrogen-bond donors (Lipinski definition) is 3. The monoisotopic (exact) mass is 406 g/mol. The van der Waals surface area contributed by atoms with Crippen molar-refractivity contribution in [1.29, 1.82) is 0 Å². The Morgan fingerprint density at radius 2 is 1.71 bits per heavy atom. The predicted molar refractivity (Wildman–Crippen MR) is 111 cm³/mol. The largest absolute Gasteiger partial charge is 0.508 e. The molecule has 1 amide bonds. The Hall–Kier alpha value is -2.74. The number of methoxy groups -OCH3 is 1. The molecule has 0 aliphatic heterocycles. The summed E-state index contributed by atoms with van der Waals surface area (Å²) in [6.45, 7) is 7.66. The number of phenolic OH excluding ortho intramolecular Hbond substituents is 1. The molecule has 0 aliphatic rings. The van der Waals surface area contributed by atoms with E-state index in [-0.39, 0.29) is 28.2 Å². The van der Waals surface area contributed by atoms with E-state index < -0.39 is 15.9 Å². The van der Waals surface area contributed by atoms with Gasteiger partial charge in [-0.05, 0) is 47.7 Å². The van der Waals surface area contributed by atoms with Crippen molar-refractivity contribution in [3.8, 4) is 11.5 Å². The number of hydrogen-bond acceptors (Lipinski definition) is 5. The van der Waals surface area contributed by atoms with Gasteiger partial charge in [-0.15, -0.1) is 0 Å². The minimum absolute atomic E-state index is 0.0162. The molecule has 2 rings (SSSR count). The van der Waals surface area contributed by atoms with Gasteiger partial charge in [0.15, 0.2) is 5.75 Å². The lowest BCUT2D eigenvalue weighted by Gasteiger charge is -2.24. The fourth-order valence-electron chi connectivity index (χ4n) is 2.60. The van der Waals surface area contributed by atoms with Crippen molar-refractivity contribution in [2.24, 2.45) is 0 Å². The number of ether oxygens (including phenoxy) is 1. The van der Waals surface area contributed by atoms with Gasteiger partial charge >= 0.3 is 0 Å². The molecular formula is C20H26N2O5S. The van der Waals surface area contributed by atoms with Crippen LogP contribution in [0.2, 0.25) is 0 Å². The number of anilines is 2. The molecule has 0 aliphatic carbocycles. The Kier molecular flexibility index (Phi) is 5.94. The number of carbonyl (C=O) groups is 1. The summed E-state index contributed by atoms with van der Waals surface area (Å²) in [5.74, 6) is -0.240. The Labute approximate surface area is 165 Å². The van der Waals surface area contributed by atoms with Crippen LogP contribution in [0.1, 0.15) is 42.3 Å². The number of aromatic hydroxyl groups is 1. The van der Waals surface area contributed by atoms with E-state index in [9.17, 15) is 18.3 Å². The summed E-state index contributed by atoms with van der Waals surface area (Å²) in [7, 11) is -2.16. The minimum Gasteiger partial charge on any atom is -0.508 e. The maximum Gasteiger partial charge on any atom is 0.255 e. The predicted octanol–water partition coefficient (Wildman–Crippen LogP) is 3.63. The van der Waals surface area contributed by atoms with Crippen LogP contribution in [0, 0.1) is 6.92 Å². The molecule has 0 bridgehead atoms. The van der Waals surface area contributed by atoms with E-state index >= 15 is 0 Å². The van der Waals surface area contributed by atoms with E-state index in [2.05, 4.69) is 10.0 Å². The van der Waals surface area contributed by atoms with Gasteiger partial charge in [-0.25, -0.2) is 8.42 Å². The van der Waals surface area contributed by atoms with E-state index in [1.54, 1.807) is 31.2 Å². The zero-order chi connectivity index (χ0) is 21.3. The van der Waals surface area contributed by atoms with Gasteiger partial charge in [-0.1, -0.05) is 26.8 Å². The molecule has 0 heterocycles. The first-order valence-corrected chi connectivity index (χ1v) is 10.5. The summed E-state index contributed by atoms with van der Waals surface area (Å²) in [5.41, 5.74) is 1.99. The third kappa shape index (κ3) is 5.16. The van der Waals surface area contributed by atoms with Crippen molar-refractivity contribution in [2.45, 2.75) is 33.1 Å². The number of amides is 1. The van der Waals surface area contributed by atoms with Gasteiger partial charge in [-0.2, -0.15) is 0 Å². The average Bonchev–Trinajstić information content (AvgIpc) is 2.54. The highest BCUT2D eigenvalue weighted by Gasteiger charge is 2.22. The van der Waals surface area contributed by atoms with Crippen LogP contribution >= 0.6 is 0 Å². The second-order valence-electron chi connectivity index (χ2n) is 7.68. The van der Waals surface area contributed by atoms with Crippen LogP contribution in [-0.2, 0) is 15.4 Å². The fourth-order valence-corrected chi connectivity index (χ4v) is 3.15. The summed E-state index contributed by atoms with van der Waals surface area (Å²) in [6.07, 6.45) is 1.05. The van der Waals surface area contributed by atoms with Crippen LogP contribution < -0.4 is 14.8 Å². The molecule has 0 radical (unpaired) electrons. The van der Waals surface area contributed by atoms with Gasteiger partial charge < -0.3 is 15.2 Å². The molecule has 3 N–H and O–H groups in total. The maximum atomic E-state index is 12.7. The van der Waals surface area contributed by atoms with E-state index in [4.69, 9.17) is 4.74 Å². The number of sulfonamides is 1. The fraction of sp³-hybridized carbons (Fsp3) is 0.350. The van der Waals surface area contributed by atoms with Gasteiger partial charge in [0, 0.05) is 5.56 Å². The first-order chi connectivity index (χ1) is 12.8. The van der Waals surface area contributed by atoms with E-state index in [1.807, 2.05) is 20.8 Å². The Balaban J connectivity index is 2.55. The molecule has 0 saturated heterocycles. The highest BCUT2D eigenvalue weighted by molar-refractivity contribution is 7.92. The van der Waals surface area contributed by atoms with Gasteiger partial charge in [0.25, 0.3) is 5.91 Å². The Morgan fingerprint density at radius 3 is 2.21 bits per heavy atom. The number of aryl methyl sites for hydroxylation is 1. The van der Waals surface area contributed by atoms with E-state index in [0.717, 1.165) is 11.8 Å². The highest BCUT2D eigenvalue weighted by Crippen LogP contribution is 2.39. The van der Waals surface area contributed by atoms with Gasteiger partial charge in [0.2, 0.25) is 10.0 Å². The number of nitrogens with one attached hydrogen (secondary N) is 2. The van der Waals surface area contributed by atoms with Gasteiger partial charge in [-0.3, -0.25) is 9.52 Å². The molecule has 0 aromatic heterocycles. The average molecular weight is 407 g/mol. The van der Waals surface area contributed by atoms with Crippen molar-refractivity contribution >= 4 is 27.3 Å². The van der Waals surface area contributed by atoms with Crippen molar-refractivity contribution in [1.82, 2.24) is 0 Å². The van der Waals surface area contributed by atoms with Crippen LogP contribution in [0.15, 0.2) is 30.3 Å². The molecule has 7 nitrogen and oxygen atoms in total. The standard InChI is InChI=1S/C20H26N2O5S/c1-12-7-8-13(9-17(12)23)19(24)21-15-10-14(20(2,3)4)11-16(18(15)27-5)22-28(6,25)26/h7-11,22-23H,1-6H3,(H,21,24). The number of benzene rings is 2. The summed E-state index contributed by atoms with van der Waals surface area (Å²) in [4.78, 5) is 12.7. The molecule has 2 aromatic carbocycles. The second kappa shape index (κ2) is 7.71.